The van der Waals surface area contributed by atoms with Gasteiger partial charge in [0.05, 0.1) is 26.7 Å². The predicted molar refractivity (Wildman–Crippen MR) is 152 cm³/mol. The number of carbonyl (C=O) groups excluding carboxylic acids is 1. The maximum absolute atomic E-state index is 14.0. The monoisotopic (exact) mass is 616 g/mol. The molecule has 1 heterocycles. The number of piperidine rings is 1. The van der Waals surface area contributed by atoms with Crippen LogP contribution in [0.2, 0.25) is 0 Å². The molecule has 0 saturated carbocycles. The second-order valence-corrected chi connectivity index (χ2v) is 10.6. The van der Waals surface area contributed by atoms with Gasteiger partial charge in [0, 0.05) is 41.7 Å². The number of nitrogens with one attached hydrogen (secondary N) is 1. The number of aromatic carboxylic acids is 1. The molecule has 212 valence electrons. The number of carboxylic acids is 1. The van der Waals surface area contributed by atoms with Gasteiger partial charge in [-0.05, 0) is 53.9 Å². The quantitative estimate of drug-likeness (QED) is 0.299. The number of aryl methyl sites for hydroxylation is 1. The summed E-state index contributed by atoms with van der Waals surface area (Å²) in [5, 5.41) is 12.6. The van der Waals surface area contributed by atoms with Crippen LogP contribution in [0.15, 0.2) is 59.1 Å². The van der Waals surface area contributed by atoms with Crippen molar-refractivity contribution in [3.63, 3.8) is 0 Å². The lowest BCUT2D eigenvalue weighted by atomic mass is 9.91. The van der Waals surface area contributed by atoms with Gasteiger partial charge in [0.15, 0.2) is 0 Å². The highest BCUT2D eigenvalue weighted by atomic mass is 79.9. The summed E-state index contributed by atoms with van der Waals surface area (Å²) >= 11 is 3.38. The van der Waals surface area contributed by atoms with Crippen LogP contribution in [0.5, 0.6) is 11.5 Å². The minimum Gasteiger partial charge on any atom is -0.497 e. The number of amides is 1. The highest BCUT2D eigenvalue weighted by Gasteiger charge is 2.35. The number of carbonyl (C=O) groups is 2. The Labute approximate surface area is 240 Å². The normalized spacial score (nSPS) is 15.3. The number of nitrogens with zero attached hydrogens (tertiary/aromatic N) is 1. The van der Waals surface area contributed by atoms with E-state index in [1.165, 1.54) is 19.2 Å². The van der Waals surface area contributed by atoms with Crippen molar-refractivity contribution < 1.29 is 33.0 Å². The molecule has 3 aromatic rings. The zero-order valence-corrected chi connectivity index (χ0v) is 24.1. The van der Waals surface area contributed by atoms with Gasteiger partial charge in [0.1, 0.15) is 17.1 Å². The number of hydrogen-bond donors (Lipinski definition) is 2. The third kappa shape index (κ3) is 6.55. The smallest absolute Gasteiger partial charge is 0.339 e. The second-order valence-electron chi connectivity index (χ2n) is 9.75. The molecule has 4 rings (SSSR count). The van der Waals surface area contributed by atoms with Gasteiger partial charge in [-0.3, -0.25) is 4.79 Å². The molecule has 3 aromatic carbocycles. The fraction of sp³-hybridized carbons (Fsp3) is 0.333. The Morgan fingerprint density at radius 3 is 2.35 bits per heavy atom. The molecule has 2 N–H and O–H groups in total. The van der Waals surface area contributed by atoms with Crippen molar-refractivity contribution in [2.75, 3.05) is 32.2 Å². The van der Waals surface area contributed by atoms with E-state index in [4.69, 9.17) is 9.47 Å². The summed E-state index contributed by atoms with van der Waals surface area (Å²) in [4.78, 5) is 27.0. The maximum Gasteiger partial charge on any atom is 0.339 e. The Morgan fingerprint density at radius 1 is 1.07 bits per heavy atom. The number of ether oxygens (including phenoxy) is 2. The van der Waals surface area contributed by atoms with Gasteiger partial charge in [-0.15, -0.1) is 0 Å². The van der Waals surface area contributed by atoms with E-state index >= 15 is 0 Å². The van der Waals surface area contributed by atoms with Crippen LogP contribution in [0.4, 0.5) is 14.5 Å². The Morgan fingerprint density at radius 2 is 1.75 bits per heavy atom. The molecular weight excluding hydrogens is 586 g/mol. The lowest BCUT2D eigenvalue weighted by Gasteiger charge is -2.36. The minimum atomic E-state index is -2.69. The number of methoxy groups -OCH3 is 2. The highest BCUT2D eigenvalue weighted by molar-refractivity contribution is 9.10. The van der Waals surface area contributed by atoms with Crippen molar-refractivity contribution in [1.29, 1.82) is 0 Å². The van der Waals surface area contributed by atoms with Crippen LogP contribution in [0.3, 0.4) is 0 Å². The van der Waals surface area contributed by atoms with E-state index in [1.54, 1.807) is 19.2 Å². The third-order valence-corrected chi connectivity index (χ3v) is 7.87. The average Bonchev–Trinajstić information content (AvgIpc) is 2.93. The summed E-state index contributed by atoms with van der Waals surface area (Å²) in [5.41, 5.74) is 3.85. The molecule has 10 heteroatoms. The van der Waals surface area contributed by atoms with Gasteiger partial charge < -0.3 is 24.8 Å². The molecule has 1 aliphatic heterocycles. The number of anilines is 1. The van der Waals surface area contributed by atoms with Crippen molar-refractivity contribution in [1.82, 2.24) is 5.32 Å². The van der Waals surface area contributed by atoms with Crippen molar-refractivity contribution in [2.45, 2.75) is 38.2 Å². The van der Waals surface area contributed by atoms with Gasteiger partial charge in [-0.2, -0.15) is 0 Å². The van der Waals surface area contributed by atoms with Crippen molar-refractivity contribution in [2.24, 2.45) is 0 Å². The molecule has 0 aliphatic carbocycles. The number of carboxylic acid groups (broad SMARTS) is 1. The van der Waals surface area contributed by atoms with Crippen LogP contribution < -0.4 is 19.7 Å². The number of hydrogen-bond acceptors (Lipinski definition) is 5. The molecule has 7 nitrogen and oxygen atoms in total. The SMILES string of the molecule is COc1ccc(C(NC(=O)Cc2cc(OC)c(C(=O)O)cc2Br)c2c(C)cccc2N2CCC(F)(F)CC2)cc1. The molecule has 1 amide bonds. The zero-order valence-electron chi connectivity index (χ0n) is 22.5. The van der Waals surface area contributed by atoms with Gasteiger partial charge in [0.25, 0.3) is 5.92 Å². The van der Waals surface area contributed by atoms with Crippen LogP contribution in [0.25, 0.3) is 0 Å². The highest BCUT2D eigenvalue weighted by Crippen LogP contribution is 2.38. The van der Waals surface area contributed by atoms with E-state index in [2.05, 4.69) is 21.2 Å². The Kier molecular flexibility index (Phi) is 8.98. The fourth-order valence-electron chi connectivity index (χ4n) is 4.96. The Balaban J connectivity index is 1.71. The third-order valence-electron chi connectivity index (χ3n) is 7.13. The molecule has 0 aromatic heterocycles. The second kappa shape index (κ2) is 12.2. The lowest BCUT2D eigenvalue weighted by Crippen LogP contribution is -2.40. The lowest BCUT2D eigenvalue weighted by molar-refractivity contribution is -0.120. The minimum absolute atomic E-state index is 0.0219. The van der Waals surface area contributed by atoms with Crippen LogP contribution >= 0.6 is 15.9 Å². The molecule has 40 heavy (non-hydrogen) atoms. The number of rotatable bonds is 9. The molecule has 1 atom stereocenters. The molecular formula is C30H31BrF2N2O5. The van der Waals surface area contributed by atoms with Crippen LogP contribution in [-0.2, 0) is 11.2 Å². The maximum atomic E-state index is 14.0. The van der Waals surface area contributed by atoms with E-state index in [9.17, 15) is 23.5 Å². The summed E-state index contributed by atoms with van der Waals surface area (Å²) in [6, 6.07) is 15.4. The van der Waals surface area contributed by atoms with E-state index in [-0.39, 0.29) is 49.6 Å². The first-order valence-electron chi connectivity index (χ1n) is 12.8. The molecule has 1 aliphatic rings. The van der Waals surface area contributed by atoms with Gasteiger partial charge in [-0.25, -0.2) is 13.6 Å². The fourth-order valence-corrected chi connectivity index (χ4v) is 5.45. The number of benzene rings is 3. The summed E-state index contributed by atoms with van der Waals surface area (Å²) < 4.78 is 38.9. The Hall–Kier alpha value is -3.66. The zero-order chi connectivity index (χ0) is 29.0. The van der Waals surface area contributed by atoms with Crippen molar-refractivity contribution in [3.05, 3.63) is 86.9 Å². The van der Waals surface area contributed by atoms with Crippen molar-refractivity contribution in [3.8, 4) is 11.5 Å². The first-order chi connectivity index (χ1) is 19.0. The first kappa shape index (κ1) is 29.3. The summed E-state index contributed by atoms with van der Waals surface area (Å²) in [7, 11) is 2.94. The van der Waals surface area contributed by atoms with Crippen molar-refractivity contribution >= 4 is 33.5 Å². The molecule has 0 radical (unpaired) electrons. The standard InChI is InChI=1S/C30H31BrF2N2O5/c1-18-5-4-6-24(35-13-11-30(32,33)12-14-35)27(18)28(19-7-9-21(39-2)10-8-19)34-26(36)16-20-15-25(40-3)22(29(37)38)17-23(20)31/h4-10,15,17,28H,11-14,16H2,1-3H3,(H,34,36)(H,37,38). The molecule has 0 bridgehead atoms. The topological polar surface area (TPSA) is 88.1 Å². The van der Waals surface area contributed by atoms with E-state index < -0.39 is 17.9 Å². The van der Waals surface area contributed by atoms with Crippen LogP contribution in [-0.4, -0.2) is 50.2 Å². The summed E-state index contributed by atoms with van der Waals surface area (Å²) in [6.45, 7) is 2.34. The number of halogens is 3. The Bertz CT molecular complexity index is 1390. The van der Waals surface area contributed by atoms with Gasteiger partial charge >= 0.3 is 5.97 Å². The summed E-state index contributed by atoms with van der Waals surface area (Å²) in [6.07, 6.45) is -0.523. The van der Waals surface area contributed by atoms with E-state index in [0.717, 1.165) is 22.4 Å². The van der Waals surface area contributed by atoms with Crippen LogP contribution in [0, 0.1) is 6.92 Å². The first-order valence-corrected chi connectivity index (χ1v) is 13.6. The predicted octanol–water partition coefficient (Wildman–Crippen LogP) is 6.16. The molecule has 1 unspecified atom stereocenters. The molecule has 1 saturated heterocycles. The average molecular weight is 617 g/mol. The van der Waals surface area contributed by atoms with E-state index in [0.29, 0.717) is 15.8 Å². The van der Waals surface area contributed by atoms with Gasteiger partial charge in [-0.1, -0.05) is 40.2 Å². The van der Waals surface area contributed by atoms with Gasteiger partial charge in [0.2, 0.25) is 5.91 Å². The van der Waals surface area contributed by atoms with Crippen LogP contribution in [0.1, 0.15) is 51.5 Å². The molecule has 1 fully saturated rings. The summed E-state index contributed by atoms with van der Waals surface area (Å²) in [5.74, 6) is -3.34. The number of alkyl halides is 2. The van der Waals surface area contributed by atoms with E-state index in [1.807, 2.05) is 42.2 Å². The molecule has 0 spiro atoms. The largest absolute Gasteiger partial charge is 0.497 e.